The second-order valence-corrected chi connectivity index (χ2v) is 22.9. The number of rotatable bonds is 6. The average Bonchev–Trinajstić information content (AvgIpc) is 2.70. The van der Waals surface area contributed by atoms with Crippen molar-refractivity contribution in [1.29, 1.82) is 0 Å². The highest BCUT2D eigenvalue weighted by Gasteiger charge is 2.42. The Balaban J connectivity index is 3.28. The van der Waals surface area contributed by atoms with Gasteiger partial charge >= 0.3 is 0 Å². The van der Waals surface area contributed by atoms with Gasteiger partial charge in [-0.3, -0.25) is 0 Å². The molecule has 0 aliphatic heterocycles. The van der Waals surface area contributed by atoms with E-state index in [-0.39, 0.29) is 0 Å². The molecule has 1 rings (SSSR count). The van der Waals surface area contributed by atoms with Crippen LogP contribution in [0, 0.1) is 33.4 Å². The minimum Gasteiger partial charge on any atom is -0.125 e. The van der Waals surface area contributed by atoms with Crippen LogP contribution in [-0.2, 0) is 0 Å². The van der Waals surface area contributed by atoms with Crippen molar-refractivity contribution >= 4 is 27.9 Å². The first-order valence-corrected chi connectivity index (χ1v) is 17.9. The van der Waals surface area contributed by atoms with Gasteiger partial charge in [-0.15, -0.1) is 11.1 Å². The van der Waals surface area contributed by atoms with Crippen LogP contribution in [0.15, 0.2) is 24.3 Å². The lowest BCUT2D eigenvalue weighted by Crippen LogP contribution is -2.43. The van der Waals surface area contributed by atoms with Crippen molar-refractivity contribution in [3.05, 3.63) is 35.4 Å². The van der Waals surface area contributed by atoms with Gasteiger partial charge in [0, 0.05) is 22.9 Å². The van der Waals surface area contributed by atoms with E-state index in [4.69, 9.17) is 0 Å². The summed E-state index contributed by atoms with van der Waals surface area (Å²) in [5.74, 6) is 6.93. The SMILES string of the molecule is CC(C)[Si](C#CSC#Cc1ccccc1C#C[Si](C(C)C)(C(C)C)C(C)C)(C(C)C)C(C)C. The van der Waals surface area contributed by atoms with E-state index in [2.05, 4.69) is 141 Å². The summed E-state index contributed by atoms with van der Waals surface area (Å²) in [4.78, 5) is 0. The van der Waals surface area contributed by atoms with Gasteiger partial charge in [0.2, 0.25) is 0 Å². The Hall–Kier alpha value is -1.32. The minimum atomic E-state index is -1.76. The Morgan fingerprint density at radius 3 is 1.27 bits per heavy atom. The standard InChI is InChI=1S/C30H46SSi2/c1-23(2)32(24(3)4,25(5)6)21-18-30-16-14-13-15-29(30)17-19-31-20-22-33(26(7)8,27(9)10)28(11)12/h13-16,23-28H,1-12H3. The van der Waals surface area contributed by atoms with Gasteiger partial charge in [0.1, 0.15) is 16.1 Å². The number of hydrogen-bond acceptors (Lipinski definition) is 1. The van der Waals surface area contributed by atoms with E-state index < -0.39 is 16.1 Å². The predicted molar refractivity (Wildman–Crippen MR) is 158 cm³/mol. The maximum Gasteiger partial charge on any atom is 0.147 e. The van der Waals surface area contributed by atoms with Crippen LogP contribution >= 0.6 is 11.8 Å². The molecule has 0 fully saturated rings. The maximum absolute atomic E-state index is 3.84. The molecule has 1 aromatic rings. The number of thioether (sulfide) groups is 1. The van der Waals surface area contributed by atoms with Crippen LogP contribution in [-0.4, -0.2) is 16.1 Å². The summed E-state index contributed by atoms with van der Waals surface area (Å²) in [7, 11) is -3.46. The molecule has 33 heavy (non-hydrogen) atoms. The molecule has 180 valence electrons. The highest BCUT2D eigenvalue weighted by molar-refractivity contribution is 8.08. The molecule has 0 nitrogen and oxygen atoms in total. The zero-order valence-corrected chi connectivity index (χ0v) is 26.0. The highest BCUT2D eigenvalue weighted by Crippen LogP contribution is 2.41. The molecule has 0 heterocycles. The summed E-state index contributed by atoms with van der Waals surface area (Å²) in [6.07, 6.45) is 0. The Bertz CT molecular complexity index is 906. The van der Waals surface area contributed by atoms with E-state index in [1.807, 2.05) is 0 Å². The van der Waals surface area contributed by atoms with E-state index in [0.29, 0.717) is 33.2 Å². The van der Waals surface area contributed by atoms with Gasteiger partial charge in [-0.25, -0.2) is 0 Å². The first-order valence-electron chi connectivity index (χ1n) is 12.6. The van der Waals surface area contributed by atoms with Crippen molar-refractivity contribution in [2.24, 2.45) is 0 Å². The molecular formula is C30H46SSi2. The topological polar surface area (TPSA) is 0 Å². The Morgan fingerprint density at radius 1 is 0.515 bits per heavy atom. The molecule has 0 saturated heterocycles. The van der Waals surface area contributed by atoms with Crippen molar-refractivity contribution in [3.8, 4) is 33.4 Å². The Labute approximate surface area is 212 Å². The molecule has 0 amide bonds. The largest absolute Gasteiger partial charge is 0.147 e. The van der Waals surface area contributed by atoms with Crippen LogP contribution in [0.2, 0.25) is 33.2 Å². The Morgan fingerprint density at radius 2 is 0.879 bits per heavy atom. The highest BCUT2D eigenvalue weighted by atomic mass is 32.2. The molecule has 0 radical (unpaired) electrons. The van der Waals surface area contributed by atoms with Crippen molar-refractivity contribution in [1.82, 2.24) is 0 Å². The maximum atomic E-state index is 3.84. The van der Waals surface area contributed by atoms with Crippen molar-refractivity contribution in [2.45, 2.75) is 116 Å². The third kappa shape index (κ3) is 6.86. The molecule has 0 spiro atoms. The van der Waals surface area contributed by atoms with E-state index in [0.717, 1.165) is 11.1 Å². The van der Waals surface area contributed by atoms with Gasteiger partial charge in [-0.05, 0) is 55.9 Å². The lowest BCUT2D eigenvalue weighted by Gasteiger charge is -2.38. The predicted octanol–water partition coefficient (Wildman–Crippen LogP) is 9.48. The minimum absolute atomic E-state index is 0.626. The van der Waals surface area contributed by atoms with Crippen molar-refractivity contribution in [2.75, 3.05) is 0 Å². The van der Waals surface area contributed by atoms with Crippen molar-refractivity contribution < 1.29 is 0 Å². The zero-order valence-electron chi connectivity index (χ0n) is 23.2. The molecule has 0 atom stereocenters. The normalized spacial score (nSPS) is 12.1. The molecule has 0 aliphatic carbocycles. The lowest BCUT2D eigenvalue weighted by molar-refractivity contribution is 0.838. The third-order valence-corrected chi connectivity index (χ3v) is 20.8. The molecule has 0 aliphatic rings. The third-order valence-electron chi connectivity index (χ3n) is 7.63. The second-order valence-electron chi connectivity index (χ2n) is 11.1. The van der Waals surface area contributed by atoms with Crippen LogP contribution in [0.25, 0.3) is 0 Å². The molecule has 0 saturated carbocycles. The lowest BCUT2D eigenvalue weighted by atomic mass is 10.1. The van der Waals surface area contributed by atoms with E-state index in [1.165, 1.54) is 11.8 Å². The van der Waals surface area contributed by atoms with Crippen LogP contribution in [0.5, 0.6) is 0 Å². The van der Waals surface area contributed by atoms with Gasteiger partial charge in [0.05, 0.1) is 0 Å². The molecular weight excluding hydrogens is 449 g/mol. The van der Waals surface area contributed by atoms with E-state index >= 15 is 0 Å². The Kier molecular flexibility index (Phi) is 11.7. The summed E-state index contributed by atoms with van der Waals surface area (Å²) >= 11 is 1.45. The fourth-order valence-corrected chi connectivity index (χ4v) is 17.2. The monoisotopic (exact) mass is 494 g/mol. The molecule has 1 aromatic carbocycles. The number of hydrogen-bond donors (Lipinski definition) is 0. The van der Waals surface area contributed by atoms with Gasteiger partial charge < -0.3 is 0 Å². The van der Waals surface area contributed by atoms with E-state index in [1.54, 1.807) is 0 Å². The summed E-state index contributed by atoms with van der Waals surface area (Å²) in [5.41, 5.74) is 13.4. The summed E-state index contributed by atoms with van der Waals surface area (Å²) in [6, 6.07) is 8.32. The van der Waals surface area contributed by atoms with Crippen molar-refractivity contribution in [3.63, 3.8) is 0 Å². The molecule has 0 bridgehead atoms. The average molecular weight is 495 g/mol. The first-order chi connectivity index (χ1) is 15.3. The second kappa shape index (κ2) is 13.0. The van der Waals surface area contributed by atoms with Gasteiger partial charge in [-0.2, -0.15) is 0 Å². The molecule has 3 heteroatoms. The molecule has 0 unspecified atom stereocenters. The number of benzene rings is 1. The van der Waals surface area contributed by atoms with Crippen LogP contribution < -0.4 is 0 Å². The first kappa shape index (κ1) is 29.7. The summed E-state index contributed by atoms with van der Waals surface area (Å²) in [5, 5.41) is 6.64. The fraction of sp³-hybridized carbons (Fsp3) is 0.600. The smallest absolute Gasteiger partial charge is 0.125 e. The van der Waals surface area contributed by atoms with E-state index in [9.17, 15) is 0 Å². The van der Waals surface area contributed by atoms with Crippen LogP contribution in [0.4, 0.5) is 0 Å². The quantitative estimate of drug-likeness (QED) is 0.280. The molecule has 0 N–H and O–H groups in total. The van der Waals surface area contributed by atoms with Crippen LogP contribution in [0.3, 0.4) is 0 Å². The summed E-state index contributed by atoms with van der Waals surface area (Å²) < 4.78 is 0. The summed E-state index contributed by atoms with van der Waals surface area (Å²) in [6.45, 7) is 28.2. The van der Waals surface area contributed by atoms with Gasteiger partial charge in [0.25, 0.3) is 0 Å². The fourth-order valence-electron chi connectivity index (χ4n) is 5.96. The van der Waals surface area contributed by atoms with Gasteiger partial charge in [0.15, 0.2) is 0 Å². The zero-order chi connectivity index (χ0) is 25.4. The molecule has 0 aromatic heterocycles. The van der Waals surface area contributed by atoms with Gasteiger partial charge in [-0.1, -0.05) is 107 Å². The van der Waals surface area contributed by atoms with Crippen LogP contribution in [0.1, 0.15) is 94.2 Å².